The van der Waals surface area contributed by atoms with Crippen molar-refractivity contribution < 1.29 is 42.3 Å². The van der Waals surface area contributed by atoms with Crippen molar-refractivity contribution in [3.63, 3.8) is 0 Å². The number of carbonyl (C=O) groups excluding carboxylic acids is 1. The van der Waals surface area contributed by atoms with Crippen molar-refractivity contribution >= 4 is 17.8 Å². The number of ether oxygens (including phenoxy) is 7. The number of benzene rings is 3. The van der Waals surface area contributed by atoms with Crippen LogP contribution < -0.4 is 38.9 Å². The predicted octanol–water partition coefficient (Wildman–Crippen LogP) is 7.16. The molecule has 11 nitrogen and oxygen atoms in total. The Bertz CT molecular complexity index is 1600. The number of hydrogen-bond donors (Lipinski definition) is 1. The second-order valence-corrected chi connectivity index (χ2v) is 12.3. The summed E-state index contributed by atoms with van der Waals surface area (Å²) in [4.78, 5) is 19.2. The minimum atomic E-state index is -0.798. The van der Waals surface area contributed by atoms with Crippen LogP contribution >= 0.6 is 0 Å². The van der Waals surface area contributed by atoms with E-state index in [0.717, 1.165) is 25.7 Å². The Labute approximate surface area is 281 Å². The third-order valence-corrected chi connectivity index (χ3v) is 8.20. The molecule has 1 unspecified atom stereocenters. The first-order valence-corrected chi connectivity index (χ1v) is 15.7. The number of nitrogens with zero attached hydrogens (tertiary/aromatic N) is 2. The van der Waals surface area contributed by atoms with Crippen LogP contribution in [0, 0.1) is 11.2 Å². The van der Waals surface area contributed by atoms with Gasteiger partial charge in [-0.2, -0.15) is 0 Å². The third kappa shape index (κ3) is 8.04. The smallest absolute Gasteiger partial charge is 0.257 e. The molecule has 5 rings (SSSR count). The van der Waals surface area contributed by atoms with Gasteiger partial charge in [0.05, 0.1) is 53.4 Å². The van der Waals surface area contributed by atoms with E-state index in [1.807, 2.05) is 0 Å². The summed E-state index contributed by atoms with van der Waals surface area (Å²) in [5.41, 5.74) is 6.74. The van der Waals surface area contributed by atoms with E-state index >= 15 is 0 Å². The van der Waals surface area contributed by atoms with E-state index in [1.165, 1.54) is 46.6 Å². The van der Waals surface area contributed by atoms with Gasteiger partial charge in [-0.3, -0.25) is 9.79 Å². The molecule has 1 fully saturated rings. The van der Waals surface area contributed by atoms with Gasteiger partial charge in [-0.05, 0) is 42.9 Å². The first-order chi connectivity index (χ1) is 22.9. The lowest BCUT2D eigenvalue weighted by Gasteiger charge is -2.30. The molecule has 48 heavy (non-hydrogen) atoms. The van der Waals surface area contributed by atoms with Crippen LogP contribution in [-0.2, 0) is 0 Å². The number of carbonyl (C=O) groups is 1. The van der Waals surface area contributed by atoms with Crippen LogP contribution in [0.15, 0.2) is 47.5 Å². The lowest BCUT2D eigenvalue weighted by atomic mass is 9.89. The largest absolute Gasteiger partial charge is 0.497 e. The standard InChI is InChI=1S/C20H29N3O3.C16H17FO5/c1-5-7-19(2,3)13-26-17-11-15-14(10-16(17)25-4)18(24)23-9-6-8-20(23,21)12-22-15;1-18-10-5-6-12(17)13(7-10)22-11-8-14(19-2)16(21-4)15(9-11)20-3/h10-12H,5-9,13,21H2,1-4H3;5-9H,1-4H3. The minimum Gasteiger partial charge on any atom is -0.497 e. The zero-order chi connectivity index (χ0) is 35.1. The molecular formula is C36H46FN3O8. The fourth-order valence-corrected chi connectivity index (χ4v) is 5.67. The molecule has 2 aliphatic heterocycles. The van der Waals surface area contributed by atoms with Crippen LogP contribution in [0.5, 0.6) is 46.0 Å². The van der Waals surface area contributed by atoms with Crippen molar-refractivity contribution in [2.45, 2.75) is 52.1 Å². The lowest BCUT2D eigenvalue weighted by Crippen LogP contribution is -2.54. The summed E-state index contributed by atoms with van der Waals surface area (Å²) in [7, 11) is 7.57. The molecule has 3 aromatic carbocycles. The van der Waals surface area contributed by atoms with E-state index < -0.39 is 11.5 Å². The third-order valence-electron chi connectivity index (χ3n) is 8.20. The molecule has 0 aromatic heterocycles. The van der Waals surface area contributed by atoms with E-state index in [4.69, 9.17) is 38.9 Å². The first-order valence-electron chi connectivity index (χ1n) is 15.7. The van der Waals surface area contributed by atoms with Crippen LogP contribution in [0.4, 0.5) is 10.1 Å². The van der Waals surface area contributed by atoms with Crippen molar-refractivity contribution in [1.29, 1.82) is 0 Å². The van der Waals surface area contributed by atoms with Crippen LogP contribution in [0.1, 0.15) is 56.8 Å². The minimum absolute atomic E-state index is 0.0358. The Morgan fingerprint density at radius 1 is 0.875 bits per heavy atom. The lowest BCUT2D eigenvalue weighted by molar-refractivity contribution is 0.0701. The molecule has 2 N–H and O–H groups in total. The van der Waals surface area contributed by atoms with E-state index in [1.54, 1.807) is 42.5 Å². The van der Waals surface area contributed by atoms with Gasteiger partial charge >= 0.3 is 0 Å². The zero-order valence-corrected chi connectivity index (χ0v) is 29.0. The van der Waals surface area contributed by atoms with Crippen molar-refractivity contribution in [3.8, 4) is 46.0 Å². The molecule has 3 aromatic rings. The van der Waals surface area contributed by atoms with Crippen molar-refractivity contribution in [2.24, 2.45) is 16.1 Å². The molecule has 12 heteroatoms. The van der Waals surface area contributed by atoms with E-state index in [-0.39, 0.29) is 17.1 Å². The van der Waals surface area contributed by atoms with Crippen LogP contribution in [-0.4, -0.2) is 71.4 Å². The topological polar surface area (TPSA) is 123 Å². The number of aliphatic imine (C=N–C) groups is 1. The molecule has 1 saturated heterocycles. The average Bonchev–Trinajstić information content (AvgIpc) is 3.43. The molecule has 260 valence electrons. The van der Waals surface area contributed by atoms with Crippen LogP contribution in [0.3, 0.4) is 0 Å². The molecule has 1 atom stereocenters. The van der Waals surface area contributed by atoms with Gasteiger partial charge in [-0.15, -0.1) is 0 Å². The number of hydrogen-bond acceptors (Lipinski definition) is 10. The first kappa shape index (κ1) is 36.1. The Balaban J connectivity index is 0.000000220. The second kappa shape index (κ2) is 15.5. The van der Waals surface area contributed by atoms with Gasteiger partial charge in [0, 0.05) is 37.0 Å². The van der Waals surface area contributed by atoms with Crippen molar-refractivity contribution in [1.82, 2.24) is 4.90 Å². The molecule has 0 aliphatic carbocycles. The van der Waals surface area contributed by atoms with Crippen molar-refractivity contribution in [2.75, 3.05) is 48.7 Å². The maximum Gasteiger partial charge on any atom is 0.257 e. The fourth-order valence-electron chi connectivity index (χ4n) is 5.67. The molecule has 0 saturated carbocycles. The van der Waals surface area contributed by atoms with E-state index in [9.17, 15) is 9.18 Å². The Hall–Kier alpha value is -4.71. The molecule has 0 bridgehead atoms. The highest BCUT2D eigenvalue weighted by Gasteiger charge is 2.42. The van der Waals surface area contributed by atoms with Gasteiger partial charge in [0.1, 0.15) is 17.2 Å². The summed E-state index contributed by atoms with van der Waals surface area (Å²) in [5, 5.41) is 0. The molecular weight excluding hydrogens is 621 g/mol. The number of rotatable bonds is 12. The van der Waals surface area contributed by atoms with Gasteiger partial charge in [0.2, 0.25) is 5.75 Å². The number of fused-ring (bicyclic) bond motifs is 2. The zero-order valence-electron chi connectivity index (χ0n) is 29.0. The number of halogens is 1. The summed E-state index contributed by atoms with van der Waals surface area (Å²) in [6.07, 6.45) is 5.48. The molecule has 2 heterocycles. The summed E-state index contributed by atoms with van der Waals surface area (Å²) < 4.78 is 51.7. The maximum atomic E-state index is 13.8. The molecule has 1 amide bonds. The van der Waals surface area contributed by atoms with Crippen LogP contribution in [0.2, 0.25) is 0 Å². The highest BCUT2D eigenvalue weighted by molar-refractivity contribution is 6.04. The van der Waals surface area contributed by atoms with Gasteiger partial charge in [0.15, 0.2) is 34.6 Å². The number of nitrogens with two attached hydrogens (primary N) is 1. The Morgan fingerprint density at radius 3 is 2.15 bits per heavy atom. The van der Waals surface area contributed by atoms with Gasteiger partial charge in [0.25, 0.3) is 5.91 Å². The summed E-state index contributed by atoms with van der Waals surface area (Å²) in [6, 6.07) is 10.9. The van der Waals surface area contributed by atoms with Gasteiger partial charge in [-0.25, -0.2) is 4.39 Å². The van der Waals surface area contributed by atoms with E-state index in [0.29, 0.717) is 64.6 Å². The predicted molar refractivity (Wildman–Crippen MR) is 182 cm³/mol. The van der Waals surface area contributed by atoms with Gasteiger partial charge < -0.3 is 43.8 Å². The quantitative estimate of drug-likeness (QED) is 0.214. The summed E-state index contributed by atoms with van der Waals surface area (Å²) in [5.74, 6) is 2.68. The normalized spacial score (nSPS) is 16.5. The highest BCUT2D eigenvalue weighted by atomic mass is 19.1. The Morgan fingerprint density at radius 2 is 1.54 bits per heavy atom. The van der Waals surface area contributed by atoms with Crippen LogP contribution in [0.25, 0.3) is 0 Å². The van der Waals surface area contributed by atoms with Crippen molar-refractivity contribution in [3.05, 3.63) is 53.8 Å². The number of amides is 1. The fraction of sp³-hybridized carbons (Fsp3) is 0.444. The van der Waals surface area contributed by atoms with Gasteiger partial charge in [-0.1, -0.05) is 27.2 Å². The second-order valence-electron chi connectivity index (χ2n) is 12.3. The number of methoxy groups -OCH3 is 5. The Kier molecular flexibility index (Phi) is 11.6. The highest BCUT2D eigenvalue weighted by Crippen LogP contribution is 2.43. The van der Waals surface area contributed by atoms with E-state index in [2.05, 4.69) is 25.8 Å². The monoisotopic (exact) mass is 667 g/mol. The molecule has 0 spiro atoms. The maximum absolute atomic E-state index is 13.8. The summed E-state index contributed by atoms with van der Waals surface area (Å²) in [6.45, 7) is 7.74. The molecule has 0 radical (unpaired) electrons. The SMILES string of the molecule is CCCC(C)(C)COc1cc2c(cc1OC)C(=O)N1CCCC1(N)C=N2.COc1ccc(F)c(Oc2cc(OC)c(OC)c(OC)c2)c1. The summed E-state index contributed by atoms with van der Waals surface area (Å²) >= 11 is 0. The molecule has 2 aliphatic rings. The average molecular weight is 668 g/mol.